The van der Waals surface area contributed by atoms with E-state index < -0.39 is 58.8 Å². The Morgan fingerprint density at radius 1 is 0.977 bits per heavy atom. The molecule has 1 aromatic heterocycles. The molecule has 3 aromatic carbocycles. The van der Waals surface area contributed by atoms with Crippen LogP contribution in [-0.2, 0) is 18.8 Å². The molecule has 0 aliphatic carbocycles. The number of halogens is 9. The van der Waals surface area contributed by atoms with E-state index in [1.54, 1.807) is 0 Å². The highest BCUT2D eigenvalue weighted by atomic mass is 35.5. The summed E-state index contributed by atoms with van der Waals surface area (Å²) in [5.74, 6) is -3.28. The van der Waals surface area contributed by atoms with Crippen LogP contribution in [0.2, 0.25) is 5.02 Å². The summed E-state index contributed by atoms with van der Waals surface area (Å²) in [7, 11) is 0. The van der Waals surface area contributed by atoms with Crippen LogP contribution < -0.4 is 15.5 Å². The fourth-order valence-corrected chi connectivity index (χ4v) is 5.60. The molecule has 0 radical (unpaired) electrons. The van der Waals surface area contributed by atoms with Crippen LogP contribution in [0.5, 0.6) is 0 Å². The first-order valence-electron chi connectivity index (χ1n) is 12.7. The molecule has 44 heavy (non-hydrogen) atoms. The summed E-state index contributed by atoms with van der Waals surface area (Å²) in [6, 6.07) is 4.62. The fourth-order valence-electron chi connectivity index (χ4n) is 5.38. The van der Waals surface area contributed by atoms with E-state index in [9.17, 15) is 44.7 Å². The van der Waals surface area contributed by atoms with E-state index in [0.717, 1.165) is 18.2 Å². The summed E-state index contributed by atoms with van der Waals surface area (Å²) in [6.45, 7) is 0.0670. The van der Waals surface area contributed by atoms with Crippen LogP contribution in [0.1, 0.15) is 44.3 Å². The molecular weight excluding hydrogens is 626 g/mol. The lowest BCUT2D eigenvalue weighted by Crippen LogP contribution is -2.46. The molecule has 0 bridgehead atoms. The van der Waals surface area contributed by atoms with Crippen molar-refractivity contribution >= 4 is 34.9 Å². The number of carbonyl (C=O) groups excluding carboxylic acids is 2. The van der Waals surface area contributed by atoms with Gasteiger partial charge in [0, 0.05) is 39.5 Å². The molecule has 228 valence electrons. The van der Waals surface area contributed by atoms with Crippen LogP contribution in [0.4, 0.5) is 51.3 Å². The summed E-state index contributed by atoms with van der Waals surface area (Å²) < 4.78 is 109. The van der Waals surface area contributed by atoms with Gasteiger partial charge in [0.15, 0.2) is 0 Å². The molecule has 7 nitrogen and oxygen atoms in total. The van der Waals surface area contributed by atoms with Crippen molar-refractivity contribution in [2.24, 2.45) is 0 Å². The maximum Gasteiger partial charge on any atom is 0.432 e. The van der Waals surface area contributed by atoms with Crippen LogP contribution >= 0.6 is 11.6 Å². The zero-order valence-corrected chi connectivity index (χ0v) is 22.5. The topological polar surface area (TPSA) is 90.1 Å². The summed E-state index contributed by atoms with van der Waals surface area (Å²) in [4.78, 5) is 27.8. The molecule has 16 heteroatoms. The first-order valence-corrected chi connectivity index (χ1v) is 13.0. The van der Waals surface area contributed by atoms with Crippen molar-refractivity contribution in [3.63, 3.8) is 0 Å². The van der Waals surface area contributed by atoms with E-state index in [1.807, 2.05) is 5.10 Å². The Morgan fingerprint density at radius 3 is 2.41 bits per heavy atom. The van der Waals surface area contributed by atoms with E-state index in [4.69, 9.17) is 11.6 Å². The standard InChI is InChI=1S/C28H16ClF8N5O2/c29-18-2-1-13(30)8-17(18)23-22-20(38-25(43)11-5-12(27(32,33)34)7-14(31)6-11)9-16(19-10-21(41-40-19)28(35,36)37)15-3-4-42(24(15)22)26(44)39-23/h1-2,5-10,23H,3-4H2,(H,38,43)(H,39,44)(H,40,41)/t23-/m1/s1. The maximum atomic E-state index is 14.3. The number of carbonyl (C=O) groups is 2. The van der Waals surface area contributed by atoms with E-state index in [2.05, 4.69) is 15.7 Å². The third-order valence-electron chi connectivity index (χ3n) is 7.27. The van der Waals surface area contributed by atoms with Gasteiger partial charge >= 0.3 is 18.4 Å². The first-order chi connectivity index (χ1) is 20.6. The molecule has 6 rings (SSSR count). The maximum absolute atomic E-state index is 14.3. The molecule has 3 N–H and O–H groups in total. The summed E-state index contributed by atoms with van der Waals surface area (Å²) in [5, 5.41) is 10.8. The number of aromatic nitrogens is 2. The van der Waals surface area contributed by atoms with Crippen LogP contribution in [0, 0.1) is 11.6 Å². The molecule has 0 spiro atoms. The summed E-state index contributed by atoms with van der Waals surface area (Å²) in [6.07, 6.45) is -9.62. The summed E-state index contributed by atoms with van der Waals surface area (Å²) in [5.41, 5.74) is -2.93. The number of aromatic amines is 1. The van der Waals surface area contributed by atoms with Gasteiger partial charge in [-0.05, 0) is 60.5 Å². The van der Waals surface area contributed by atoms with Gasteiger partial charge in [-0.3, -0.25) is 14.8 Å². The van der Waals surface area contributed by atoms with Gasteiger partial charge in [-0.1, -0.05) is 11.6 Å². The van der Waals surface area contributed by atoms with Crippen LogP contribution in [-0.4, -0.2) is 28.7 Å². The molecule has 3 amide bonds. The minimum atomic E-state index is -4.98. The van der Waals surface area contributed by atoms with Crippen molar-refractivity contribution in [1.29, 1.82) is 0 Å². The number of benzene rings is 3. The quantitative estimate of drug-likeness (QED) is 0.202. The van der Waals surface area contributed by atoms with Gasteiger partial charge in [0.2, 0.25) is 0 Å². The van der Waals surface area contributed by atoms with Crippen molar-refractivity contribution in [2.45, 2.75) is 24.8 Å². The molecule has 0 unspecified atom stereocenters. The number of nitrogens with zero attached hydrogens (tertiary/aromatic N) is 2. The van der Waals surface area contributed by atoms with Gasteiger partial charge in [0.05, 0.1) is 23.0 Å². The Hall–Kier alpha value is -4.66. The lowest BCUT2D eigenvalue weighted by Gasteiger charge is -2.35. The average Bonchev–Trinajstić information content (AvgIpc) is 3.61. The third-order valence-corrected chi connectivity index (χ3v) is 7.61. The first kappa shape index (κ1) is 29.4. The normalized spacial score (nSPS) is 16.2. The van der Waals surface area contributed by atoms with Gasteiger partial charge < -0.3 is 10.6 Å². The third kappa shape index (κ3) is 5.10. The fraction of sp³-hybridized carbons (Fsp3) is 0.179. The number of rotatable bonds is 4. The molecule has 0 saturated heterocycles. The SMILES string of the molecule is O=C(Nc1cc(-c2cc(C(F)(F)F)[nH]n2)c2c3c1[C@@H](c1cc(F)ccc1Cl)NC(=O)N3CC2)c1cc(F)cc(C(F)(F)F)c1. The van der Waals surface area contributed by atoms with Crippen molar-refractivity contribution in [1.82, 2.24) is 15.5 Å². The van der Waals surface area contributed by atoms with Gasteiger partial charge in [-0.2, -0.15) is 31.4 Å². The molecule has 2 aliphatic rings. The number of hydrogen-bond acceptors (Lipinski definition) is 3. The molecule has 2 aliphatic heterocycles. The highest BCUT2D eigenvalue weighted by Gasteiger charge is 2.42. The van der Waals surface area contributed by atoms with Crippen LogP contribution in [0.25, 0.3) is 11.3 Å². The molecule has 3 heterocycles. The van der Waals surface area contributed by atoms with E-state index >= 15 is 0 Å². The molecule has 0 fully saturated rings. The molecule has 0 saturated carbocycles. The second kappa shape index (κ2) is 10.2. The second-order valence-electron chi connectivity index (χ2n) is 10.0. The van der Waals surface area contributed by atoms with Gasteiger partial charge in [0.1, 0.15) is 17.3 Å². The van der Waals surface area contributed by atoms with E-state index in [-0.39, 0.29) is 57.8 Å². The van der Waals surface area contributed by atoms with Crippen LogP contribution in [0.3, 0.4) is 0 Å². The van der Waals surface area contributed by atoms with Crippen molar-refractivity contribution < 1.29 is 44.7 Å². The highest BCUT2D eigenvalue weighted by molar-refractivity contribution is 6.31. The van der Waals surface area contributed by atoms with Crippen molar-refractivity contribution in [3.05, 3.63) is 98.7 Å². The Kier molecular flexibility index (Phi) is 6.83. The predicted molar refractivity (Wildman–Crippen MR) is 141 cm³/mol. The lowest BCUT2D eigenvalue weighted by molar-refractivity contribution is -0.141. The minimum Gasteiger partial charge on any atom is -0.327 e. The zero-order valence-electron chi connectivity index (χ0n) is 21.7. The number of urea groups is 1. The van der Waals surface area contributed by atoms with Gasteiger partial charge in [0.25, 0.3) is 5.91 Å². The molecular formula is C28H16ClF8N5O2. The Labute approximate surface area is 246 Å². The largest absolute Gasteiger partial charge is 0.432 e. The number of H-pyrrole nitrogens is 1. The Bertz CT molecular complexity index is 1850. The Morgan fingerprint density at radius 2 is 1.73 bits per heavy atom. The number of nitrogens with one attached hydrogen (secondary N) is 3. The zero-order chi connectivity index (χ0) is 31.7. The number of amides is 3. The van der Waals surface area contributed by atoms with Crippen molar-refractivity contribution in [2.75, 3.05) is 16.8 Å². The second-order valence-corrected chi connectivity index (χ2v) is 10.4. The van der Waals surface area contributed by atoms with Gasteiger partial charge in [-0.25, -0.2) is 13.6 Å². The monoisotopic (exact) mass is 641 g/mol. The van der Waals surface area contributed by atoms with Crippen LogP contribution in [0.15, 0.2) is 48.5 Å². The number of anilines is 2. The minimum absolute atomic E-state index is 0.0142. The predicted octanol–water partition coefficient (Wildman–Crippen LogP) is 7.47. The Balaban J connectivity index is 1.57. The lowest BCUT2D eigenvalue weighted by atomic mass is 9.88. The van der Waals surface area contributed by atoms with Gasteiger partial charge in [-0.15, -0.1) is 0 Å². The van der Waals surface area contributed by atoms with E-state index in [1.165, 1.54) is 17.0 Å². The summed E-state index contributed by atoms with van der Waals surface area (Å²) >= 11 is 6.35. The average molecular weight is 642 g/mol. The van der Waals surface area contributed by atoms with E-state index in [0.29, 0.717) is 17.7 Å². The number of hydrogen-bond donors (Lipinski definition) is 3. The smallest absolute Gasteiger partial charge is 0.327 e. The van der Waals surface area contributed by atoms with Crippen molar-refractivity contribution in [3.8, 4) is 11.3 Å². The number of alkyl halides is 6. The molecule has 4 aromatic rings. The highest BCUT2D eigenvalue weighted by Crippen LogP contribution is 2.50. The molecule has 1 atom stereocenters.